The summed E-state index contributed by atoms with van der Waals surface area (Å²) < 4.78 is 0. The van der Waals surface area contributed by atoms with Crippen LogP contribution in [0.25, 0.3) is 0 Å². The van der Waals surface area contributed by atoms with Gasteiger partial charge in [-0.15, -0.1) is 5.10 Å². The van der Waals surface area contributed by atoms with Crippen LogP contribution in [0, 0.1) is 13.8 Å². The van der Waals surface area contributed by atoms with E-state index in [9.17, 15) is 0 Å². The number of rotatable bonds is 5. The third kappa shape index (κ3) is 4.46. The van der Waals surface area contributed by atoms with Gasteiger partial charge in [-0.05, 0) is 36.6 Å². The van der Waals surface area contributed by atoms with Crippen molar-refractivity contribution < 1.29 is 0 Å². The summed E-state index contributed by atoms with van der Waals surface area (Å²) in [7, 11) is 0. The number of hydrogen-bond acceptors (Lipinski definition) is 6. The molecule has 0 radical (unpaired) electrons. The molecule has 6 nitrogen and oxygen atoms in total. The molecule has 0 saturated carbocycles. The second-order valence-electron chi connectivity index (χ2n) is 7.33. The van der Waals surface area contributed by atoms with Crippen LogP contribution in [-0.4, -0.2) is 46.3 Å². The van der Waals surface area contributed by atoms with E-state index in [4.69, 9.17) is 4.98 Å². The van der Waals surface area contributed by atoms with Gasteiger partial charge in [0.2, 0.25) is 5.95 Å². The number of nitrogens with zero attached hydrogens (tertiary/aromatic N) is 5. The maximum atomic E-state index is 4.69. The Morgan fingerprint density at radius 2 is 1.75 bits per heavy atom. The fourth-order valence-electron chi connectivity index (χ4n) is 3.44. The minimum atomic E-state index is 0.690. The van der Waals surface area contributed by atoms with Crippen LogP contribution < -0.4 is 10.2 Å². The SMILES string of the molecule is Cc1ccc(C)c(Nc2cnnc(N3CCN(Cc4ccccc4)CC3)n2)c1. The Morgan fingerprint density at radius 1 is 0.964 bits per heavy atom. The molecular formula is C22H26N6. The average molecular weight is 374 g/mol. The highest BCUT2D eigenvalue weighted by Crippen LogP contribution is 2.21. The van der Waals surface area contributed by atoms with Gasteiger partial charge in [0, 0.05) is 38.4 Å². The lowest BCUT2D eigenvalue weighted by Crippen LogP contribution is -2.46. The van der Waals surface area contributed by atoms with Crippen molar-refractivity contribution in [1.82, 2.24) is 20.1 Å². The first-order valence-electron chi connectivity index (χ1n) is 9.72. The quantitative estimate of drug-likeness (QED) is 0.737. The number of anilines is 3. The molecule has 0 atom stereocenters. The van der Waals surface area contributed by atoms with Gasteiger partial charge in [-0.3, -0.25) is 4.90 Å². The molecule has 4 rings (SSSR count). The summed E-state index contributed by atoms with van der Waals surface area (Å²) in [6.07, 6.45) is 1.68. The maximum Gasteiger partial charge on any atom is 0.247 e. The number of nitrogens with one attached hydrogen (secondary N) is 1. The smallest absolute Gasteiger partial charge is 0.247 e. The van der Waals surface area contributed by atoms with E-state index in [1.807, 2.05) is 0 Å². The van der Waals surface area contributed by atoms with Gasteiger partial charge in [-0.2, -0.15) is 10.1 Å². The average Bonchev–Trinajstić information content (AvgIpc) is 2.72. The van der Waals surface area contributed by atoms with Crippen LogP contribution in [0.2, 0.25) is 0 Å². The molecule has 0 amide bonds. The molecule has 1 fully saturated rings. The van der Waals surface area contributed by atoms with Crippen molar-refractivity contribution in [3.05, 3.63) is 71.4 Å². The van der Waals surface area contributed by atoms with Gasteiger partial charge >= 0.3 is 0 Å². The van der Waals surface area contributed by atoms with E-state index in [0.29, 0.717) is 5.95 Å². The van der Waals surface area contributed by atoms with E-state index in [0.717, 1.165) is 44.2 Å². The van der Waals surface area contributed by atoms with Crippen LogP contribution in [0.5, 0.6) is 0 Å². The summed E-state index contributed by atoms with van der Waals surface area (Å²) >= 11 is 0. The van der Waals surface area contributed by atoms with Crippen molar-refractivity contribution >= 4 is 17.5 Å². The first-order chi connectivity index (χ1) is 13.7. The molecule has 0 bridgehead atoms. The molecule has 144 valence electrons. The first kappa shape index (κ1) is 18.4. The van der Waals surface area contributed by atoms with Gasteiger partial charge in [0.15, 0.2) is 5.82 Å². The second kappa shape index (κ2) is 8.35. The number of hydrogen-bond donors (Lipinski definition) is 1. The van der Waals surface area contributed by atoms with Gasteiger partial charge in [0.05, 0.1) is 6.20 Å². The van der Waals surface area contributed by atoms with E-state index in [2.05, 4.69) is 87.7 Å². The number of aryl methyl sites for hydroxylation is 2. The Labute approximate surface area is 166 Å². The van der Waals surface area contributed by atoms with Gasteiger partial charge in [-0.25, -0.2) is 0 Å². The molecule has 1 N–H and O–H groups in total. The second-order valence-corrected chi connectivity index (χ2v) is 7.33. The number of piperazine rings is 1. The molecule has 1 aliphatic rings. The lowest BCUT2D eigenvalue weighted by molar-refractivity contribution is 0.248. The van der Waals surface area contributed by atoms with Gasteiger partial charge in [0.1, 0.15) is 0 Å². The third-order valence-corrected chi connectivity index (χ3v) is 5.11. The molecule has 3 aromatic rings. The predicted molar refractivity (Wildman–Crippen MR) is 113 cm³/mol. The summed E-state index contributed by atoms with van der Waals surface area (Å²) in [6.45, 7) is 8.96. The highest BCUT2D eigenvalue weighted by Gasteiger charge is 2.19. The van der Waals surface area contributed by atoms with Crippen LogP contribution in [0.1, 0.15) is 16.7 Å². The fraction of sp³-hybridized carbons (Fsp3) is 0.318. The molecule has 0 aliphatic carbocycles. The van der Waals surface area contributed by atoms with Gasteiger partial charge in [0.25, 0.3) is 0 Å². The van der Waals surface area contributed by atoms with E-state index >= 15 is 0 Å². The molecule has 0 spiro atoms. The molecule has 0 unspecified atom stereocenters. The molecule has 6 heteroatoms. The molecule has 1 aromatic heterocycles. The molecule has 1 saturated heterocycles. The summed E-state index contributed by atoms with van der Waals surface area (Å²) in [5.41, 5.74) is 4.80. The molecule has 1 aliphatic heterocycles. The Balaban J connectivity index is 1.39. The van der Waals surface area contributed by atoms with E-state index in [1.54, 1.807) is 6.20 Å². The first-order valence-corrected chi connectivity index (χ1v) is 9.72. The molecule has 2 heterocycles. The van der Waals surface area contributed by atoms with E-state index in [1.165, 1.54) is 16.7 Å². The van der Waals surface area contributed by atoms with Crippen molar-refractivity contribution in [2.45, 2.75) is 20.4 Å². The molecular weight excluding hydrogens is 348 g/mol. The summed E-state index contributed by atoms with van der Waals surface area (Å²) in [5.74, 6) is 1.42. The van der Waals surface area contributed by atoms with Crippen molar-refractivity contribution in [3.63, 3.8) is 0 Å². The Bertz CT molecular complexity index is 919. The lowest BCUT2D eigenvalue weighted by Gasteiger charge is -2.34. The minimum absolute atomic E-state index is 0.690. The zero-order valence-electron chi connectivity index (χ0n) is 16.5. The number of benzene rings is 2. The lowest BCUT2D eigenvalue weighted by atomic mass is 10.1. The topological polar surface area (TPSA) is 57.2 Å². The predicted octanol–water partition coefficient (Wildman–Crippen LogP) is 3.55. The zero-order valence-corrected chi connectivity index (χ0v) is 16.5. The van der Waals surface area contributed by atoms with Crippen molar-refractivity contribution in [3.8, 4) is 0 Å². The largest absolute Gasteiger partial charge is 0.339 e. The third-order valence-electron chi connectivity index (χ3n) is 5.11. The monoisotopic (exact) mass is 374 g/mol. The maximum absolute atomic E-state index is 4.69. The summed E-state index contributed by atoms with van der Waals surface area (Å²) in [6, 6.07) is 17.0. The summed E-state index contributed by atoms with van der Waals surface area (Å²) in [5, 5.41) is 11.8. The zero-order chi connectivity index (χ0) is 19.3. The number of aromatic nitrogens is 3. The standard InChI is InChI=1S/C22H26N6/c1-17-8-9-18(2)20(14-17)24-21-15-23-26-22(25-21)28-12-10-27(11-13-28)16-19-6-4-3-5-7-19/h3-9,14-15H,10-13,16H2,1-2H3,(H,24,25,26). The van der Waals surface area contributed by atoms with Gasteiger partial charge in [-0.1, -0.05) is 42.5 Å². The van der Waals surface area contributed by atoms with E-state index in [-0.39, 0.29) is 0 Å². The van der Waals surface area contributed by atoms with E-state index < -0.39 is 0 Å². The van der Waals surface area contributed by atoms with Crippen LogP contribution in [0.4, 0.5) is 17.5 Å². The Kier molecular flexibility index (Phi) is 5.48. The van der Waals surface area contributed by atoms with Crippen LogP contribution in [0.3, 0.4) is 0 Å². The van der Waals surface area contributed by atoms with Gasteiger partial charge < -0.3 is 10.2 Å². The van der Waals surface area contributed by atoms with Crippen LogP contribution >= 0.6 is 0 Å². The van der Waals surface area contributed by atoms with Crippen molar-refractivity contribution in [1.29, 1.82) is 0 Å². The Morgan fingerprint density at radius 3 is 2.54 bits per heavy atom. The minimum Gasteiger partial charge on any atom is -0.339 e. The molecule has 28 heavy (non-hydrogen) atoms. The summed E-state index contributed by atoms with van der Waals surface area (Å²) in [4.78, 5) is 9.37. The molecule has 2 aromatic carbocycles. The van der Waals surface area contributed by atoms with Crippen molar-refractivity contribution in [2.24, 2.45) is 0 Å². The highest BCUT2D eigenvalue weighted by molar-refractivity contribution is 5.61. The highest BCUT2D eigenvalue weighted by atomic mass is 15.4. The Hall–Kier alpha value is -2.99. The van der Waals surface area contributed by atoms with Crippen molar-refractivity contribution in [2.75, 3.05) is 36.4 Å². The van der Waals surface area contributed by atoms with Crippen LogP contribution in [-0.2, 0) is 6.54 Å². The normalized spacial score (nSPS) is 14.9. The fourth-order valence-corrected chi connectivity index (χ4v) is 3.44. The van der Waals surface area contributed by atoms with Crippen LogP contribution in [0.15, 0.2) is 54.7 Å².